The minimum Gasteiger partial charge on any atom is -0.426 e. The summed E-state index contributed by atoms with van der Waals surface area (Å²) < 4.78 is 5.36. The molecule has 25 heavy (non-hydrogen) atoms. The Labute approximate surface area is 146 Å². The van der Waals surface area contributed by atoms with Gasteiger partial charge in [0.05, 0.1) is 6.42 Å². The fourth-order valence-electron chi connectivity index (χ4n) is 2.72. The van der Waals surface area contributed by atoms with E-state index in [1.54, 1.807) is 24.3 Å². The first-order valence-corrected chi connectivity index (χ1v) is 8.31. The van der Waals surface area contributed by atoms with Crippen molar-refractivity contribution in [1.29, 1.82) is 0 Å². The maximum atomic E-state index is 12.1. The van der Waals surface area contributed by atoms with E-state index in [1.807, 2.05) is 37.4 Å². The van der Waals surface area contributed by atoms with Crippen molar-refractivity contribution in [3.05, 3.63) is 65.9 Å². The van der Waals surface area contributed by atoms with Crippen LogP contribution >= 0.6 is 0 Å². The Morgan fingerprint density at radius 1 is 1.12 bits per heavy atom. The van der Waals surface area contributed by atoms with E-state index in [2.05, 4.69) is 10.3 Å². The molecule has 0 radical (unpaired) electrons. The predicted molar refractivity (Wildman–Crippen MR) is 96.7 cm³/mol. The lowest BCUT2D eigenvalue weighted by atomic mass is 10.1. The van der Waals surface area contributed by atoms with Crippen molar-refractivity contribution in [2.75, 3.05) is 6.54 Å². The minimum absolute atomic E-state index is 0.181. The van der Waals surface area contributed by atoms with Gasteiger partial charge in [0, 0.05) is 29.2 Å². The third-order valence-corrected chi connectivity index (χ3v) is 3.94. The molecule has 0 atom stereocenters. The lowest BCUT2D eigenvalue weighted by Gasteiger charge is -2.07. The molecule has 0 saturated carbocycles. The lowest BCUT2D eigenvalue weighted by molar-refractivity contribution is -0.134. The molecule has 0 aliphatic rings. The van der Waals surface area contributed by atoms with Gasteiger partial charge in [-0.2, -0.15) is 0 Å². The zero-order valence-electron chi connectivity index (χ0n) is 14.0. The van der Waals surface area contributed by atoms with Crippen molar-refractivity contribution in [1.82, 2.24) is 10.3 Å². The van der Waals surface area contributed by atoms with Gasteiger partial charge in [-0.15, -0.1) is 0 Å². The molecular formula is C20H20N2O3. The second-order valence-electron chi connectivity index (χ2n) is 5.72. The molecule has 2 aromatic carbocycles. The van der Waals surface area contributed by atoms with Gasteiger partial charge in [-0.1, -0.05) is 24.3 Å². The largest absolute Gasteiger partial charge is 0.426 e. The van der Waals surface area contributed by atoms with Crippen molar-refractivity contribution in [2.45, 2.75) is 19.8 Å². The summed E-state index contributed by atoms with van der Waals surface area (Å²) in [6.45, 7) is 2.40. The number of nitrogens with one attached hydrogen (secondary N) is 2. The number of para-hydroxylation sites is 1. The third-order valence-electron chi connectivity index (χ3n) is 3.94. The number of carbonyl (C=O) groups excluding carboxylic acids is 2. The average Bonchev–Trinajstić information content (AvgIpc) is 3.04. The second kappa shape index (κ2) is 7.66. The number of hydrogen-bond donors (Lipinski definition) is 2. The smallest absolute Gasteiger partial charge is 0.311 e. The average molecular weight is 336 g/mol. The Hall–Kier alpha value is -3.08. The molecule has 3 rings (SSSR count). The van der Waals surface area contributed by atoms with E-state index in [9.17, 15) is 9.59 Å². The van der Waals surface area contributed by atoms with Gasteiger partial charge >= 0.3 is 5.97 Å². The molecule has 0 fully saturated rings. The number of esters is 1. The first kappa shape index (κ1) is 16.8. The molecule has 0 bridgehead atoms. The quantitative estimate of drug-likeness (QED) is 0.535. The van der Waals surface area contributed by atoms with Crippen molar-refractivity contribution in [2.24, 2.45) is 0 Å². The van der Waals surface area contributed by atoms with Gasteiger partial charge in [0.1, 0.15) is 5.75 Å². The fourth-order valence-corrected chi connectivity index (χ4v) is 2.72. The van der Waals surface area contributed by atoms with Gasteiger partial charge < -0.3 is 15.0 Å². The first-order chi connectivity index (χ1) is 12.2. The van der Waals surface area contributed by atoms with Crippen LogP contribution in [0.1, 0.15) is 29.3 Å². The van der Waals surface area contributed by atoms with Gasteiger partial charge in [0.25, 0.3) is 5.91 Å². The topological polar surface area (TPSA) is 71.2 Å². The molecular weight excluding hydrogens is 316 g/mol. The summed E-state index contributed by atoms with van der Waals surface area (Å²) in [5.74, 6) is -0.120. The zero-order chi connectivity index (χ0) is 17.6. The van der Waals surface area contributed by atoms with Crippen LogP contribution in [0.15, 0.2) is 54.7 Å². The summed E-state index contributed by atoms with van der Waals surface area (Å²) in [7, 11) is 0. The molecule has 3 aromatic rings. The number of aromatic nitrogens is 1. The monoisotopic (exact) mass is 336 g/mol. The molecule has 0 unspecified atom stereocenters. The number of amides is 1. The van der Waals surface area contributed by atoms with E-state index in [0.29, 0.717) is 24.3 Å². The maximum Gasteiger partial charge on any atom is 0.311 e. The van der Waals surface area contributed by atoms with Gasteiger partial charge in [0.15, 0.2) is 0 Å². The highest BCUT2D eigenvalue weighted by Gasteiger charge is 2.10. The van der Waals surface area contributed by atoms with E-state index in [1.165, 1.54) is 0 Å². The Kier molecular flexibility index (Phi) is 5.14. The Bertz CT molecular complexity index is 899. The van der Waals surface area contributed by atoms with Crippen LogP contribution in [-0.2, 0) is 11.2 Å². The first-order valence-electron chi connectivity index (χ1n) is 8.31. The van der Waals surface area contributed by atoms with Crippen molar-refractivity contribution in [3.8, 4) is 5.75 Å². The van der Waals surface area contributed by atoms with Gasteiger partial charge in [0.2, 0.25) is 0 Å². The molecule has 2 N–H and O–H groups in total. The number of ether oxygens (including phenoxy) is 1. The van der Waals surface area contributed by atoms with Crippen LogP contribution in [0.2, 0.25) is 0 Å². The summed E-state index contributed by atoms with van der Waals surface area (Å²) in [5, 5.41) is 3.84. The molecule has 5 heteroatoms. The van der Waals surface area contributed by atoms with Crippen LogP contribution in [0.25, 0.3) is 10.9 Å². The minimum atomic E-state index is -0.321. The van der Waals surface area contributed by atoms with Gasteiger partial charge in [-0.25, -0.2) is 0 Å². The summed E-state index contributed by atoms with van der Waals surface area (Å²) in [4.78, 5) is 27.1. The van der Waals surface area contributed by atoms with E-state index in [4.69, 9.17) is 4.74 Å². The number of aryl methyl sites for hydroxylation is 1. The number of rotatable bonds is 6. The standard InChI is InChI=1S/C20H20N2O3/c1-2-21-20(24)14-6-5-7-16(12-14)25-19(23)11-10-15-13-22-18-9-4-3-8-17(15)18/h3-9,12-13,22H,2,10-11H2,1H3,(H,21,24). The number of fused-ring (bicyclic) bond motifs is 1. The van der Waals surface area contributed by atoms with Gasteiger partial charge in [-0.3, -0.25) is 9.59 Å². The Balaban J connectivity index is 1.61. The zero-order valence-corrected chi connectivity index (χ0v) is 14.0. The molecule has 0 spiro atoms. The molecule has 0 aliphatic carbocycles. The van der Waals surface area contributed by atoms with Crippen LogP contribution in [0.4, 0.5) is 0 Å². The SMILES string of the molecule is CCNC(=O)c1cccc(OC(=O)CCc2c[nH]c3ccccc23)c1. The van der Waals surface area contributed by atoms with Crippen molar-refractivity contribution in [3.63, 3.8) is 0 Å². The van der Waals surface area contributed by atoms with Crippen LogP contribution in [0.5, 0.6) is 5.75 Å². The Morgan fingerprint density at radius 3 is 2.80 bits per heavy atom. The summed E-state index contributed by atoms with van der Waals surface area (Å²) >= 11 is 0. The molecule has 5 nitrogen and oxygen atoms in total. The number of benzene rings is 2. The lowest BCUT2D eigenvalue weighted by Crippen LogP contribution is -2.22. The summed E-state index contributed by atoms with van der Waals surface area (Å²) in [5.41, 5.74) is 2.62. The highest BCUT2D eigenvalue weighted by Crippen LogP contribution is 2.20. The van der Waals surface area contributed by atoms with E-state index in [0.717, 1.165) is 16.5 Å². The van der Waals surface area contributed by atoms with Crippen LogP contribution in [-0.4, -0.2) is 23.4 Å². The van der Waals surface area contributed by atoms with E-state index < -0.39 is 0 Å². The number of aromatic amines is 1. The third kappa shape index (κ3) is 4.07. The normalized spacial score (nSPS) is 10.6. The molecule has 1 aromatic heterocycles. The molecule has 0 saturated heterocycles. The highest BCUT2D eigenvalue weighted by atomic mass is 16.5. The second-order valence-corrected chi connectivity index (χ2v) is 5.72. The van der Waals surface area contributed by atoms with E-state index in [-0.39, 0.29) is 18.3 Å². The predicted octanol–water partition coefficient (Wildman–Crippen LogP) is 3.46. The van der Waals surface area contributed by atoms with Crippen LogP contribution in [0.3, 0.4) is 0 Å². The van der Waals surface area contributed by atoms with Crippen molar-refractivity contribution >= 4 is 22.8 Å². The number of hydrogen-bond acceptors (Lipinski definition) is 3. The molecule has 128 valence electrons. The number of H-pyrrole nitrogens is 1. The molecule has 0 aliphatic heterocycles. The van der Waals surface area contributed by atoms with Gasteiger partial charge in [-0.05, 0) is 43.2 Å². The Morgan fingerprint density at radius 2 is 1.96 bits per heavy atom. The van der Waals surface area contributed by atoms with Crippen molar-refractivity contribution < 1.29 is 14.3 Å². The highest BCUT2D eigenvalue weighted by molar-refractivity contribution is 5.94. The molecule has 1 heterocycles. The maximum absolute atomic E-state index is 12.1. The molecule has 1 amide bonds. The van der Waals surface area contributed by atoms with E-state index >= 15 is 0 Å². The summed E-state index contributed by atoms with van der Waals surface area (Å²) in [6.07, 6.45) is 2.79. The fraction of sp³-hybridized carbons (Fsp3) is 0.200. The van der Waals surface area contributed by atoms with Crippen LogP contribution < -0.4 is 10.1 Å². The number of carbonyl (C=O) groups is 2. The van der Waals surface area contributed by atoms with Crippen LogP contribution in [0, 0.1) is 0 Å². The summed E-state index contributed by atoms with van der Waals surface area (Å²) in [6, 6.07) is 14.6.